The molecule has 0 aliphatic carbocycles. The molecule has 0 radical (unpaired) electrons. The SMILES string of the molecule is COc1ccnc(C(=O)N[C@H]2COC[C@H](Cc3ccc(C(F)(F)F)cc3)[C@@H](Cc3ccc(F)cc3)[C@H](C)OC2=O)c1O. The van der Waals surface area contributed by atoms with E-state index in [0.717, 1.165) is 17.7 Å². The molecule has 4 rings (SSSR count). The first-order valence-corrected chi connectivity index (χ1v) is 13.2. The quantitative estimate of drug-likeness (QED) is 0.303. The van der Waals surface area contributed by atoms with Crippen molar-refractivity contribution in [2.75, 3.05) is 20.3 Å². The summed E-state index contributed by atoms with van der Waals surface area (Å²) in [5.41, 5.74) is 0.273. The topological polar surface area (TPSA) is 107 Å². The van der Waals surface area contributed by atoms with Gasteiger partial charge in [-0.3, -0.25) is 4.79 Å². The molecule has 1 saturated heterocycles. The van der Waals surface area contributed by atoms with E-state index in [-0.39, 0.29) is 36.5 Å². The van der Waals surface area contributed by atoms with Crippen LogP contribution in [-0.4, -0.2) is 54.4 Å². The maximum Gasteiger partial charge on any atom is 0.416 e. The number of benzene rings is 2. The summed E-state index contributed by atoms with van der Waals surface area (Å²) in [6.07, 6.45) is -3.25. The number of hydrogen-bond donors (Lipinski definition) is 2. The van der Waals surface area contributed by atoms with Gasteiger partial charge >= 0.3 is 12.1 Å². The Hall–Kier alpha value is -4.19. The third-order valence-electron chi connectivity index (χ3n) is 7.20. The van der Waals surface area contributed by atoms with Crippen molar-refractivity contribution in [1.82, 2.24) is 10.3 Å². The average molecular weight is 591 g/mol. The summed E-state index contributed by atoms with van der Waals surface area (Å²) in [5.74, 6) is -3.22. The van der Waals surface area contributed by atoms with Gasteiger partial charge in [-0.2, -0.15) is 13.2 Å². The molecule has 1 aromatic heterocycles. The van der Waals surface area contributed by atoms with Crippen LogP contribution in [0.4, 0.5) is 17.6 Å². The lowest BCUT2D eigenvalue weighted by Crippen LogP contribution is -2.46. The number of carbonyl (C=O) groups excluding carboxylic acids is 2. The van der Waals surface area contributed by atoms with Crippen LogP contribution in [0.15, 0.2) is 60.8 Å². The molecular formula is C30H30F4N2O6. The van der Waals surface area contributed by atoms with E-state index in [9.17, 15) is 32.3 Å². The first-order chi connectivity index (χ1) is 20.0. The van der Waals surface area contributed by atoms with E-state index in [0.29, 0.717) is 18.4 Å². The molecule has 0 bridgehead atoms. The Morgan fingerprint density at radius 1 is 1.05 bits per heavy atom. The number of hydrogen-bond acceptors (Lipinski definition) is 7. The smallest absolute Gasteiger partial charge is 0.416 e. The highest BCUT2D eigenvalue weighted by atomic mass is 19.4. The number of halogens is 4. The fraction of sp³-hybridized carbons (Fsp3) is 0.367. The second-order valence-corrected chi connectivity index (χ2v) is 10.1. The van der Waals surface area contributed by atoms with Crippen LogP contribution in [0.5, 0.6) is 11.5 Å². The lowest BCUT2D eigenvalue weighted by atomic mass is 9.80. The monoisotopic (exact) mass is 590 g/mol. The zero-order valence-corrected chi connectivity index (χ0v) is 22.9. The molecule has 4 atom stereocenters. The summed E-state index contributed by atoms with van der Waals surface area (Å²) in [6, 6.07) is 10.8. The molecule has 224 valence electrons. The van der Waals surface area contributed by atoms with Gasteiger partial charge in [0.25, 0.3) is 5.91 Å². The molecule has 2 N–H and O–H groups in total. The second-order valence-electron chi connectivity index (χ2n) is 10.1. The molecule has 0 saturated carbocycles. The highest BCUT2D eigenvalue weighted by molar-refractivity contribution is 5.98. The number of pyridine rings is 1. The first-order valence-electron chi connectivity index (χ1n) is 13.2. The molecule has 1 amide bonds. The van der Waals surface area contributed by atoms with Crippen molar-refractivity contribution in [1.29, 1.82) is 0 Å². The fourth-order valence-electron chi connectivity index (χ4n) is 4.93. The van der Waals surface area contributed by atoms with Crippen LogP contribution >= 0.6 is 0 Å². The minimum Gasteiger partial charge on any atom is -0.503 e. The minimum atomic E-state index is -4.47. The van der Waals surface area contributed by atoms with Gasteiger partial charge in [-0.25, -0.2) is 14.2 Å². The summed E-state index contributed by atoms with van der Waals surface area (Å²) in [4.78, 5) is 29.9. The number of aromatic nitrogens is 1. The number of alkyl halides is 3. The van der Waals surface area contributed by atoms with Gasteiger partial charge in [0.1, 0.15) is 11.9 Å². The van der Waals surface area contributed by atoms with Crippen molar-refractivity contribution < 1.29 is 46.5 Å². The number of esters is 1. The number of nitrogens with one attached hydrogen (secondary N) is 1. The van der Waals surface area contributed by atoms with Crippen molar-refractivity contribution in [3.8, 4) is 11.5 Å². The van der Waals surface area contributed by atoms with E-state index in [1.807, 2.05) is 0 Å². The lowest BCUT2D eigenvalue weighted by Gasteiger charge is -2.31. The summed E-state index contributed by atoms with van der Waals surface area (Å²) in [5, 5.41) is 12.8. The lowest BCUT2D eigenvalue weighted by molar-refractivity contribution is -0.153. The highest BCUT2D eigenvalue weighted by Crippen LogP contribution is 2.32. The van der Waals surface area contributed by atoms with Gasteiger partial charge in [0.15, 0.2) is 23.2 Å². The molecule has 1 aliphatic heterocycles. The zero-order chi connectivity index (χ0) is 30.4. The van der Waals surface area contributed by atoms with E-state index in [1.54, 1.807) is 19.1 Å². The predicted octanol–water partition coefficient (Wildman–Crippen LogP) is 4.73. The van der Waals surface area contributed by atoms with E-state index in [1.165, 1.54) is 43.6 Å². The summed E-state index contributed by atoms with van der Waals surface area (Å²) < 4.78 is 69.5. The Bertz CT molecular complexity index is 1380. The van der Waals surface area contributed by atoms with Gasteiger partial charge < -0.3 is 24.6 Å². The molecule has 2 aromatic carbocycles. The molecule has 42 heavy (non-hydrogen) atoms. The standard InChI is InChI=1S/C30H30F4N2O6/c1-17-23(14-19-5-9-22(31)10-6-19)20(13-18-3-7-21(8-4-18)30(32,33)34)15-41-16-24(29(39)42-17)36-28(38)26-27(37)25(40-2)11-12-35-26/h3-12,17,20,23-24,37H,13-16H2,1-2H3,(H,36,38)/t17-,20-,23-,24-/m0/s1. The number of aromatic hydroxyl groups is 1. The van der Waals surface area contributed by atoms with E-state index in [2.05, 4.69) is 10.3 Å². The number of methoxy groups -OCH3 is 1. The number of amides is 1. The molecule has 1 aliphatic rings. The number of cyclic esters (lactones) is 1. The number of nitrogens with zero attached hydrogens (tertiary/aromatic N) is 1. The molecular weight excluding hydrogens is 560 g/mol. The highest BCUT2D eigenvalue weighted by Gasteiger charge is 2.36. The molecule has 0 unspecified atom stereocenters. The molecule has 1 fully saturated rings. The van der Waals surface area contributed by atoms with Crippen LogP contribution in [-0.2, 0) is 33.3 Å². The van der Waals surface area contributed by atoms with Crippen molar-refractivity contribution in [3.63, 3.8) is 0 Å². The van der Waals surface area contributed by atoms with Crippen LogP contribution in [0.2, 0.25) is 0 Å². The number of ether oxygens (including phenoxy) is 3. The molecule has 12 heteroatoms. The van der Waals surface area contributed by atoms with Gasteiger partial charge in [0.2, 0.25) is 0 Å². The summed E-state index contributed by atoms with van der Waals surface area (Å²) in [6.45, 7) is 1.50. The Balaban J connectivity index is 1.57. The van der Waals surface area contributed by atoms with Crippen LogP contribution in [0.1, 0.15) is 34.1 Å². The maximum atomic E-state index is 13.6. The van der Waals surface area contributed by atoms with Crippen LogP contribution in [0, 0.1) is 17.7 Å². The largest absolute Gasteiger partial charge is 0.503 e. The first kappa shape index (κ1) is 30.8. The van der Waals surface area contributed by atoms with Gasteiger partial charge in [0, 0.05) is 18.2 Å². The summed E-state index contributed by atoms with van der Waals surface area (Å²) in [7, 11) is 1.31. The zero-order valence-electron chi connectivity index (χ0n) is 22.9. The van der Waals surface area contributed by atoms with Gasteiger partial charge in [0.05, 0.1) is 25.9 Å². The van der Waals surface area contributed by atoms with E-state index < -0.39 is 47.3 Å². The molecule has 0 spiro atoms. The van der Waals surface area contributed by atoms with Gasteiger partial charge in [-0.1, -0.05) is 24.3 Å². The van der Waals surface area contributed by atoms with Crippen LogP contribution in [0.3, 0.4) is 0 Å². The third kappa shape index (κ3) is 7.55. The van der Waals surface area contributed by atoms with Crippen molar-refractivity contribution >= 4 is 11.9 Å². The Labute approximate surface area is 239 Å². The van der Waals surface area contributed by atoms with E-state index >= 15 is 0 Å². The fourth-order valence-corrected chi connectivity index (χ4v) is 4.93. The third-order valence-corrected chi connectivity index (χ3v) is 7.20. The molecule has 2 heterocycles. The second kappa shape index (κ2) is 13.2. The minimum absolute atomic E-state index is 0.0202. The molecule has 3 aromatic rings. The Morgan fingerprint density at radius 3 is 2.33 bits per heavy atom. The average Bonchev–Trinajstić information content (AvgIpc) is 2.99. The van der Waals surface area contributed by atoms with Crippen LogP contribution in [0.25, 0.3) is 0 Å². The molecule has 8 nitrogen and oxygen atoms in total. The maximum absolute atomic E-state index is 13.6. The number of carbonyl (C=O) groups is 2. The van der Waals surface area contributed by atoms with Crippen molar-refractivity contribution in [2.24, 2.45) is 11.8 Å². The summed E-state index contributed by atoms with van der Waals surface area (Å²) >= 11 is 0. The Kier molecular flexibility index (Phi) is 9.66. The van der Waals surface area contributed by atoms with E-state index in [4.69, 9.17) is 14.2 Å². The van der Waals surface area contributed by atoms with Gasteiger partial charge in [-0.15, -0.1) is 0 Å². The predicted molar refractivity (Wildman–Crippen MR) is 142 cm³/mol. The normalized spacial score (nSPS) is 21.4. The van der Waals surface area contributed by atoms with Crippen LogP contribution < -0.4 is 10.1 Å². The van der Waals surface area contributed by atoms with Crippen molar-refractivity contribution in [3.05, 3.63) is 89.0 Å². The number of rotatable bonds is 7. The van der Waals surface area contributed by atoms with Crippen molar-refractivity contribution in [2.45, 2.75) is 38.1 Å². The van der Waals surface area contributed by atoms with Gasteiger partial charge in [-0.05, 0) is 61.1 Å². The Morgan fingerprint density at radius 2 is 1.69 bits per heavy atom.